The first kappa shape index (κ1) is 35.7. The van der Waals surface area contributed by atoms with E-state index in [2.05, 4.69) is 193 Å². The van der Waals surface area contributed by atoms with Gasteiger partial charge in [-0.1, -0.05) is 196 Å². The van der Waals surface area contributed by atoms with Crippen LogP contribution in [0.2, 0.25) is 0 Å². The van der Waals surface area contributed by atoms with Gasteiger partial charge in [0.1, 0.15) is 0 Å². The summed E-state index contributed by atoms with van der Waals surface area (Å²) >= 11 is 0. The van der Waals surface area contributed by atoms with Crippen molar-refractivity contribution in [1.82, 2.24) is 0 Å². The molecule has 0 aliphatic heterocycles. The Kier molecular flexibility index (Phi) is 8.48. The van der Waals surface area contributed by atoms with Crippen LogP contribution in [0.25, 0.3) is 44.5 Å². The lowest BCUT2D eigenvalue weighted by Gasteiger charge is -2.38. The van der Waals surface area contributed by atoms with Crippen LogP contribution in [0.3, 0.4) is 0 Å². The van der Waals surface area contributed by atoms with Crippen LogP contribution in [0.15, 0.2) is 194 Å². The van der Waals surface area contributed by atoms with Gasteiger partial charge in [-0.05, 0) is 117 Å². The SMILES string of the molecule is C1=CC2c3ccccc3C3(CCCC3)C2C=C1N(c1ccc2c(c1)C1(CCCCC1)c1ccccc1-2)c1ccccc1-c1ccccc1-c1ccccc1-c1ccccc1. The molecule has 2 atom stereocenters. The summed E-state index contributed by atoms with van der Waals surface area (Å²) in [6, 6.07) is 64.3. The van der Waals surface area contributed by atoms with Gasteiger partial charge in [0.15, 0.2) is 0 Å². The number of fused-ring (bicyclic) bond motifs is 10. The third-order valence-electron chi connectivity index (χ3n) is 15.3. The zero-order valence-electron chi connectivity index (χ0n) is 34.4. The maximum absolute atomic E-state index is 2.71. The Hall–Kier alpha value is -6.18. The van der Waals surface area contributed by atoms with E-state index in [1.54, 1.807) is 16.7 Å². The van der Waals surface area contributed by atoms with Gasteiger partial charge < -0.3 is 4.90 Å². The van der Waals surface area contributed by atoms with E-state index in [9.17, 15) is 0 Å². The molecule has 12 rings (SSSR count). The molecule has 2 fully saturated rings. The van der Waals surface area contributed by atoms with Gasteiger partial charge in [0.05, 0.1) is 5.69 Å². The fourth-order valence-electron chi connectivity index (χ4n) is 12.8. The molecule has 7 aromatic rings. The summed E-state index contributed by atoms with van der Waals surface area (Å²) in [4.78, 5) is 2.65. The smallest absolute Gasteiger partial charge is 0.0540 e. The topological polar surface area (TPSA) is 3.24 Å². The van der Waals surface area contributed by atoms with Crippen molar-refractivity contribution in [3.63, 3.8) is 0 Å². The highest BCUT2D eigenvalue weighted by atomic mass is 15.2. The predicted molar refractivity (Wildman–Crippen MR) is 251 cm³/mol. The molecule has 0 aromatic heterocycles. The molecule has 7 aromatic carbocycles. The Morgan fingerprint density at radius 1 is 0.433 bits per heavy atom. The fourth-order valence-corrected chi connectivity index (χ4v) is 12.8. The number of benzene rings is 7. The molecule has 0 N–H and O–H groups in total. The summed E-state index contributed by atoms with van der Waals surface area (Å²) in [5.74, 6) is 0.843. The fraction of sp³-hybridized carbons (Fsp3) is 0.220. The number of allylic oxidation sites excluding steroid dienone is 3. The van der Waals surface area contributed by atoms with Crippen LogP contribution in [0.4, 0.5) is 11.4 Å². The highest BCUT2D eigenvalue weighted by Crippen LogP contribution is 2.62. The zero-order chi connectivity index (χ0) is 39.7. The Bertz CT molecular complexity index is 2830. The van der Waals surface area contributed by atoms with Crippen molar-refractivity contribution in [3.8, 4) is 44.5 Å². The Labute approximate surface area is 355 Å². The van der Waals surface area contributed by atoms with E-state index in [4.69, 9.17) is 0 Å². The number of rotatable bonds is 6. The summed E-state index contributed by atoms with van der Waals surface area (Å²) in [5.41, 5.74) is 20.6. The third-order valence-corrected chi connectivity index (χ3v) is 15.3. The molecule has 60 heavy (non-hydrogen) atoms. The molecule has 1 nitrogen and oxygen atoms in total. The lowest BCUT2D eigenvalue weighted by atomic mass is 9.68. The molecule has 2 unspecified atom stereocenters. The van der Waals surface area contributed by atoms with Crippen LogP contribution in [-0.2, 0) is 10.8 Å². The van der Waals surface area contributed by atoms with Gasteiger partial charge >= 0.3 is 0 Å². The van der Waals surface area contributed by atoms with Crippen LogP contribution < -0.4 is 4.90 Å². The molecule has 0 radical (unpaired) electrons. The second-order valence-electron chi connectivity index (χ2n) is 18.2. The minimum Gasteiger partial charge on any atom is -0.310 e. The van der Waals surface area contributed by atoms with Gasteiger partial charge in [-0.15, -0.1) is 0 Å². The van der Waals surface area contributed by atoms with Crippen molar-refractivity contribution in [2.45, 2.75) is 74.5 Å². The van der Waals surface area contributed by atoms with Crippen LogP contribution >= 0.6 is 0 Å². The molecule has 0 saturated heterocycles. The molecule has 0 heterocycles. The average Bonchev–Trinajstić information content (AvgIpc) is 4.00. The molecule has 2 saturated carbocycles. The second-order valence-corrected chi connectivity index (χ2v) is 18.2. The molecule has 0 amide bonds. The van der Waals surface area contributed by atoms with Crippen molar-refractivity contribution in [2.24, 2.45) is 5.92 Å². The zero-order valence-corrected chi connectivity index (χ0v) is 34.4. The van der Waals surface area contributed by atoms with E-state index in [0.717, 1.165) is 0 Å². The number of hydrogen-bond acceptors (Lipinski definition) is 1. The summed E-state index contributed by atoms with van der Waals surface area (Å²) in [6.45, 7) is 0. The number of hydrogen-bond donors (Lipinski definition) is 0. The summed E-state index contributed by atoms with van der Waals surface area (Å²) in [6.07, 6.45) is 19.2. The van der Waals surface area contributed by atoms with Crippen molar-refractivity contribution in [3.05, 3.63) is 216 Å². The molecule has 1 heteroatoms. The van der Waals surface area contributed by atoms with Crippen LogP contribution in [0.5, 0.6) is 0 Å². The maximum atomic E-state index is 2.71. The highest BCUT2D eigenvalue weighted by molar-refractivity contribution is 5.96. The van der Waals surface area contributed by atoms with Gasteiger partial charge in [-0.2, -0.15) is 0 Å². The van der Waals surface area contributed by atoms with Crippen LogP contribution in [0.1, 0.15) is 86.0 Å². The molecule has 292 valence electrons. The van der Waals surface area contributed by atoms with E-state index < -0.39 is 0 Å². The summed E-state index contributed by atoms with van der Waals surface area (Å²) in [5, 5.41) is 0. The van der Waals surface area contributed by atoms with Gasteiger partial charge in [0.2, 0.25) is 0 Å². The molecular formula is C59H51N. The highest BCUT2D eigenvalue weighted by Gasteiger charge is 2.52. The van der Waals surface area contributed by atoms with Gasteiger partial charge in [-0.25, -0.2) is 0 Å². The maximum Gasteiger partial charge on any atom is 0.0540 e. The summed E-state index contributed by atoms with van der Waals surface area (Å²) < 4.78 is 0. The van der Waals surface area contributed by atoms with Crippen molar-refractivity contribution in [1.29, 1.82) is 0 Å². The minimum atomic E-state index is 0.0714. The van der Waals surface area contributed by atoms with E-state index >= 15 is 0 Å². The third kappa shape index (κ3) is 5.37. The molecule has 5 aliphatic rings. The first-order valence-corrected chi connectivity index (χ1v) is 22.6. The van der Waals surface area contributed by atoms with E-state index in [0.29, 0.717) is 11.8 Å². The molecule has 5 aliphatic carbocycles. The van der Waals surface area contributed by atoms with Gasteiger partial charge in [-0.3, -0.25) is 0 Å². The van der Waals surface area contributed by atoms with Gasteiger partial charge in [0, 0.05) is 33.7 Å². The van der Waals surface area contributed by atoms with Gasteiger partial charge in [0.25, 0.3) is 0 Å². The van der Waals surface area contributed by atoms with Crippen LogP contribution in [-0.4, -0.2) is 0 Å². The van der Waals surface area contributed by atoms with Crippen LogP contribution in [0, 0.1) is 5.92 Å². The first-order chi connectivity index (χ1) is 29.7. The molecular weight excluding hydrogens is 723 g/mol. The number of anilines is 2. The number of nitrogens with zero attached hydrogens (tertiary/aromatic N) is 1. The van der Waals surface area contributed by atoms with E-state index in [-0.39, 0.29) is 10.8 Å². The molecule has 2 spiro atoms. The Balaban J connectivity index is 1.07. The monoisotopic (exact) mass is 773 g/mol. The lowest BCUT2D eigenvalue weighted by Crippen LogP contribution is -2.31. The van der Waals surface area contributed by atoms with Crippen molar-refractivity contribution >= 4 is 11.4 Å². The van der Waals surface area contributed by atoms with Crippen molar-refractivity contribution < 1.29 is 0 Å². The predicted octanol–water partition coefficient (Wildman–Crippen LogP) is 15.7. The first-order valence-electron chi connectivity index (χ1n) is 22.6. The largest absolute Gasteiger partial charge is 0.310 e. The second kappa shape index (κ2) is 14.2. The normalized spacial score (nSPS) is 20.0. The Morgan fingerprint density at radius 2 is 1.00 bits per heavy atom. The Morgan fingerprint density at radius 3 is 1.77 bits per heavy atom. The quantitative estimate of drug-likeness (QED) is 0.163. The van der Waals surface area contributed by atoms with E-state index in [1.165, 1.54) is 125 Å². The number of para-hydroxylation sites is 1. The lowest BCUT2D eigenvalue weighted by molar-refractivity contribution is 0.335. The molecule has 0 bridgehead atoms. The minimum absolute atomic E-state index is 0.0714. The standard InChI is InChI=1S/C59H51N/c1-3-19-41(20-4-1)44-21-5-6-22-45(44)46-23-7-8-24-47(46)52-27-11-14-30-57(52)60(43-32-34-51-49-26-10-13-29-54(49)59(56(51)40-43)37-17-18-38-59)42-31-33-50-48-25-9-12-28-53(48)58(55(50)39-42)35-15-2-16-36-58/h1,3-14,19-34,39-40,51,56H,2,15-18,35-38H2. The average molecular weight is 774 g/mol. The van der Waals surface area contributed by atoms with E-state index in [1.807, 2.05) is 0 Å². The van der Waals surface area contributed by atoms with Crippen molar-refractivity contribution in [2.75, 3.05) is 4.90 Å². The summed E-state index contributed by atoms with van der Waals surface area (Å²) in [7, 11) is 0.